The number of carboxylic acid groups (broad SMARTS) is 1. The Bertz CT molecular complexity index is 497. The molecule has 0 aromatic heterocycles. The van der Waals surface area contributed by atoms with Crippen molar-refractivity contribution in [2.45, 2.75) is 45.7 Å². The van der Waals surface area contributed by atoms with Crippen molar-refractivity contribution < 1.29 is 19.5 Å². The molecule has 1 heterocycles. The van der Waals surface area contributed by atoms with Crippen molar-refractivity contribution in [2.24, 2.45) is 5.92 Å². The van der Waals surface area contributed by atoms with Gasteiger partial charge in [0.15, 0.2) is 0 Å². The number of urea groups is 1. The lowest BCUT2D eigenvalue weighted by molar-refractivity contribution is -0.139. The van der Waals surface area contributed by atoms with Gasteiger partial charge < -0.3 is 20.2 Å². The van der Waals surface area contributed by atoms with Crippen LogP contribution in [0.25, 0.3) is 0 Å². The molecule has 0 aromatic rings. The van der Waals surface area contributed by atoms with Gasteiger partial charge >= 0.3 is 12.0 Å². The van der Waals surface area contributed by atoms with Gasteiger partial charge in [0, 0.05) is 44.2 Å². The Morgan fingerprint density at radius 2 is 1.68 bits per heavy atom. The standard InChI is InChI=1S/C17H30N4O4/c1-4-19(11-15(22)23)14-9-13(10-14)18-17(25)21-7-5-20(6-8-21)16(24)12(2)3/h12-14H,4-11H2,1-3H3,(H,18,25)(H,22,23). The van der Waals surface area contributed by atoms with E-state index in [0.29, 0.717) is 32.7 Å². The predicted molar refractivity (Wildman–Crippen MR) is 93.2 cm³/mol. The first-order chi connectivity index (χ1) is 11.8. The molecular weight excluding hydrogens is 324 g/mol. The highest BCUT2D eigenvalue weighted by Gasteiger charge is 2.36. The number of amides is 3. The fourth-order valence-corrected chi connectivity index (χ4v) is 3.44. The first-order valence-corrected chi connectivity index (χ1v) is 9.11. The van der Waals surface area contributed by atoms with Gasteiger partial charge in [0.25, 0.3) is 0 Å². The van der Waals surface area contributed by atoms with E-state index >= 15 is 0 Å². The Kier molecular flexibility index (Phi) is 6.64. The molecule has 2 fully saturated rings. The maximum absolute atomic E-state index is 12.3. The van der Waals surface area contributed by atoms with Crippen molar-refractivity contribution >= 4 is 17.9 Å². The van der Waals surface area contributed by atoms with Crippen molar-refractivity contribution in [1.29, 1.82) is 0 Å². The Balaban J connectivity index is 1.70. The summed E-state index contributed by atoms with van der Waals surface area (Å²) in [4.78, 5) is 40.7. The summed E-state index contributed by atoms with van der Waals surface area (Å²) in [6.07, 6.45) is 1.58. The molecule has 25 heavy (non-hydrogen) atoms. The van der Waals surface area contributed by atoms with E-state index in [1.807, 2.05) is 30.6 Å². The van der Waals surface area contributed by atoms with Gasteiger partial charge in [-0.05, 0) is 19.4 Å². The SMILES string of the molecule is CCN(CC(=O)O)C1CC(NC(=O)N2CCN(C(=O)C(C)C)CC2)C1. The zero-order chi connectivity index (χ0) is 18.6. The Morgan fingerprint density at radius 3 is 2.16 bits per heavy atom. The molecule has 0 atom stereocenters. The molecule has 0 bridgehead atoms. The summed E-state index contributed by atoms with van der Waals surface area (Å²) in [5.74, 6) is -0.692. The Hall–Kier alpha value is -1.83. The summed E-state index contributed by atoms with van der Waals surface area (Å²) in [7, 11) is 0. The number of nitrogens with zero attached hydrogens (tertiary/aromatic N) is 3. The van der Waals surface area contributed by atoms with Crippen LogP contribution < -0.4 is 5.32 Å². The van der Waals surface area contributed by atoms with Gasteiger partial charge in [-0.3, -0.25) is 14.5 Å². The van der Waals surface area contributed by atoms with Crippen molar-refractivity contribution in [3.8, 4) is 0 Å². The topological polar surface area (TPSA) is 93.2 Å². The fraction of sp³-hybridized carbons (Fsp3) is 0.824. The van der Waals surface area contributed by atoms with Crippen LogP contribution in [0.15, 0.2) is 0 Å². The molecule has 2 N–H and O–H groups in total. The lowest BCUT2D eigenvalue weighted by Gasteiger charge is -2.43. The maximum Gasteiger partial charge on any atom is 0.317 e. The zero-order valence-corrected chi connectivity index (χ0v) is 15.4. The number of hydrogen-bond donors (Lipinski definition) is 2. The molecule has 2 aliphatic rings. The van der Waals surface area contributed by atoms with Crippen LogP contribution in [0.3, 0.4) is 0 Å². The van der Waals surface area contributed by atoms with Crippen molar-refractivity contribution in [2.75, 3.05) is 39.3 Å². The number of rotatable bonds is 6. The summed E-state index contributed by atoms with van der Waals surface area (Å²) < 4.78 is 0. The quantitative estimate of drug-likeness (QED) is 0.722. The second kappa shape index (κ2) is 8.51. The molecule has 8 nitrogen and oxygen atoms in total. The molecule has 0 unspecified atom stereocenters. The monoisotopic (exact) mass is 354 g/mol. The Morgan fingerprint density at radius 1 is 1.12 bits per heavy atom. The van der Waals surface area contributed by atoms with Crippen LogP contribution in [0, 0.1) is 5.92 Å². The van der Waals surface area contributed by atoms with Crippen molar-refractivity contribution in [1.82, 2.24) is 20.0 Å². The lowest BCUT2D eigenvalue weighted by Crippen LogP contribution is -2.59. The van der Waals surface area contributed by atoms with Gasteiger partial charge in [0.1, 0.15) is 0 Å². The van der Waals surface area contributed by atoms with Crippen molar-refractivity contribution in [3.05, 3.63) is 0 Å². The van der Waals surface area contributed by atoms with Crippen LogP contribution in [-0.2, 0) is 9.59 Å². The first-order valence-electron chi connectivity index (χ1n) is 9.11. The van der Waals surface area contributed by atoms with E-state index in [1.54, 1.807) is 4.90 Å². The van der Waals surface area contributed by atoms with E-state index < -0.39 is 5.97 Å². The number of piperazine rings is 1. The molecule has 3 amide bonds. The van der Waals surface area contributed by atoms with Crippen LogP contribution in [-0.4, -0.2) is 89.1 Å². The first kappa shape index (κ1) is 19.5. The summed E-state index contributed by atoms with van der Waals surface area (Å²) in [5.41, 5.74) is 0. The minimum Gasteiger partial charge on any atom is -0.480 e. The normalized spacial score (nSPS) is 23.6. The van der Waals surface area contributed by atoms with Crippen LogP contribution in [0.1, 0.15) is 33.6 Å². The van der Waals surface area contributed by atoms with Crippen LogP contribution in [0.2, 0.25) is 0 Å². The summed E-state index contributed by atoms with van der Waals surface area (Å²) >= 11 is 0. The molecule has 1 aliphatic heterocycles. The number of aliphatic carboxylic acids is 1. The molecule has 1 aliphatic carbocycles. The van der Waals surface area contributed by atoms with Gasteiger partial charge in [-0.15, -0.1) is 0 Å². The van der Waals surface area contributed by atoms with E-state index in [0.717, 1.165) is 12.8 Å². The van der Waals surface area contributed by atoms with Crippen LogP contribution in [0.5, 0.6) is 0 Å². The lowest BCUT2D eigenvalue weighted by atomic mass is 9.85. The number of likely N-dealkylation sites (N-methyl/N-ethyl adjacent to an activating group) is 1. The van der Waals surface area contributed by atoms with E-state index in [-0.39, 0.29) is 36.5 Å². The molecule has 1 saturated heterocycles. The number of carboxylic acids is 1. The molecule has 142 valence electrons. The van der Waals surface area contributed by atoms with Crippen LogP contribution >= 0.6 is 0 Å². The van der Waals surface area contributed by atoms with E-state index in [1.165, 1.54) is 0 Å². The molecule has 8 heteroatoms. The van der Waals surface area contributed by atoms with E-state index in [2.05, 4.69) is 5.32 Å². The van der Waals surface area contributed by atoms with Crippen molar-refractivity contribution in [3.63, 3.8) is 0 Å². The molecule has 2 rings (SSSR count). The maximum atomic E-state index is 12.3. The smallest absolute Gasteiger partial charge is 0.317 e. The zero-order valence-electron chi connectivity index (χ0n) is 15.4. The number of hydrogen-bond acceptors (Lipinski definition) is 4. The largest absolute Gasteiger partial charge is 0.480 e. The average molecular weight is 354 g/mol. The second-order valence-electron chi connectivity index (χ2n) is 7.20. The third-order valence-electron chi connectivity index (χ3n) is 5.07. The number of carbonyl (C=O) groups excluding carboxylic acids is 2. The van der Waals surface area contributed by atoms with Gasteiger partial charge in [-0.1, -0.05) is 20.8 Å². The summed E-state index contributed by atoms with van der Waals surface area (Å²) in [6, 6.07) is 0.254. The summed E-state index contributed by atoms with van der Waals surface area (Å²) in [6.45, 7) is 8.75. The molecule has 0 radical (unpaired) electrons. The highest BCUT2D eigenvalue weighted by Crippen LogP contribution is 2.25. The van der Waals surface area contributed by atoms with E-state index in [9.17, 15) is 14.4 Å². The molecule has 1 saturated carbocycles. The summed E-state index contributed by atoms with van der Waals surface area (Å²) in [5, 5.41) is 11.9. The molecule has 0 spiro atoms. The van der Waals surface area contributed by atoms with Gasteiger partial charge in [-0.25, -0.2) is 4.79 Å². The minimum atomic E-state index is -0.817. The third-order valence-corrected chi connectivity index (χ3v) is 5.07. The van der Waals surface area contributed by atoms with Crippen LogP contribution in [0.4, 0.5) is 4.79 Å². The average Bonchev–Trinajstić information content (AvgIpc) is 2.54. The van der Waals surface area contributed by atoms with Gasteiger partial charge in [0.2, 0.25) is 5.91 Å². The fourth-order valence-electron chi connectivity index (χ4n) is 3.44. The Labute approximate surface area is 149 Å². The number of carbonyl (C=O) groups is 3. The second-order valence-corrected chi connectivity index (χ2v) is 7.20. The molecular formula is C17H30N4O4. The van der Waals surface area contributed by atoms with E-state index in [4.69, 9.17) is 5.11 Å². The van der Waals surface area contributed by atoms with Gasteiger partial charge in [0.05, 0.1) is 6.54 Å². The predicted octanol–water partition coefficient (Wildman–Crippen LogP) is 0.434. The highest BCUT2D eigenvalue weighted by atomic mass is 16.4. The highest BCUT2D eigenvalue weighted by molar-refractivity contribution is 5.79. The molecule has 0 aromatic carbocycles. The van der Waals surface area contributed by atoms with Gasteiger partial charge in [-0.2, -0.15) is 0 Å². The third kappa shape index (κ3) is 5.07. The minimum absolute atomic E-state index is 0.0143. The number of nitrogens with one attached hydrogen (secondary N) is 1.